The van der Waals surface area contributed by atoms with Crippen LogP contribution in [0.4, 0.5) is 0 Å². The first kappa shape index (κ1) is 9.73. The molecule has 0 bridgehead atoms. The maximum Gasteiger partial charge on any atom is 0.135 e. The summed E-state index contributed by atoms with van der Waals surface area (Å²) in [4.78, 5) is 8.51. The summed E-state index contributed by atoms with van der Waals surface area (Å²) >= 11 is 0. The molecule has 0 fully saturated rings. The van der Waals surface area contributed by atoms with Crippen molar-refractivity contribution >= 4 is 0 Å². The van der Waals surface area contributed by atoms with Crippen molar-refractivity contribution in [2.75, 3.05) is 0 Å². The van der Waals surface area contributed by atoms with E-state index in [1.807, 2.05) is 0 Å². The molecule has 2 nitrogen and oxygen atoms in total. The van der Waals surface area contributed by atoms with E-state index < -0.39 is 0 Å². The number of terminal acetylenes is 1. The zero-order chi connectivity index (χ0) is 9.90. The lowest BCUT2D eigenvalue weighted by molar-refractivity contribution is 0.472. The molecule has 68 valence electrons. The molecule has 0 N–H and O–H groups in total. The molecule has 0 saturated heterocycles. The van der Waals surface area contributed by atoms with E-state index >= 15 is 0 Å². The predicted molar refractivity (Wildman–Crippen MR) is 53.3 cm³/mol. The van der Waals surface area contributed by atoms with E-state index in [0.717, 1.165) is 12.2 Å². The third-order valence-electron chi connectivity index (χ3n) is 2.29. The van der Waals surface area contributed by atoms with Crippen molar-refractivity contribution in [3.8, 4) is 12.3 Å². The van der Waals surface area contributed by atoms with Gasteiger partial charge in [-0.15, -0.1) is 6.42 Å². The maximum atomic E-state index is 5.26. The van der Waals surface area contributed by atoms with Gasteiger partial charge in [0, 0.05) is 11.6 Å². The zero-order valence-corrected chi connectivity index (χ0v) is 8.33. The molecule has 0 spiro atoms. The van der Waals surface area contributed by atoms with Gasteiger partial charge in [0.25, 0.3) is 0 Å². The molecule has 0 aromatic carbocycles. The van der Waals surface area contributed by atoms with Crippen LogP contribution >= 0.6 is 0 Å². The Kier molecular flexibility index (Phi) is 2.67. The van der Waals surface area contributed by atoms with E-state index in [9.17, 15) is 0 Å². The Balaban J connectivity index is 3.10. The van der Waals surface area contributed by atoms with E-state index in [1.54, 1.807) is 12.3 Å². The number of rotatable bonds is 2. The fourth-order valence-electron chi connectivity index (χ4n) is 0.923. The summed E-state index contributed by atoms with van der Waals surface area (Å²) in [5.74, 6) is 3.34. The normalized spacial score (nSPS) is 10.9. The Hall–Kier alpha value is -1.36. The molecule has 0 atom stereocenters. The molecular formula is C11H14N2. The standard InChI is InChI=1S/C11H14N2/c1-5-9-7-8-12-10(13-9)11(3,4)6-2/h1,7-8H,6H2,2-4H3. The van der Waals surface area contributed by atoms with Crippen molar-refractivity contribution in [2.24, 2.45) is 0 Å². The lowest BCUT2D eigenvalue weighted by Crippen LogP contribution is -2.19. The summed E-state index contributed by atoms with van der Waals surface area (Å²) in [5, 5.41) is 0. The summed E-state index contributed by atoms with van der Waals surface area (Å²) in [5.41, 5.74) is 0.666. The van der Waals surface area contributed by atoms with Crippen LogP contribution in [0, 0.1) is 12.3 Å². The first-order valence-corrected chi connectivity index (χ1v) is 4.40. The van der Waals surface area contributed by atoms with Gasteiger partial charge in [-0.1, -0.05) is 26.7 Å². The van der Waals surface area contributed by atoms with Crippen LogP contribution in [0.25, 0.3) is 0 Å². The van der Waals surface area contributed by atoms with Crippen LogP contribution in [0.2, 0.25) is 0 Å². The van der Waals surface area contributed by atoms with Crippen molar-refractivity contribution < 1.29 is 0 Å². The molecule has 1 rings (SSSR count). The van der Waals surface area contributed by atoms with Crippen molar-refractivity contribution in [1.29, 1.82) is 0 Å². The minimum Gasteiger partial charge on any atom is -0.241 e. The highest BCUT2D eigenvalue weighted by molar-refractivity contribution is 5.24. The fraction of sp³-hybridized carbons (Fsp3) is 0.455. The molecule has 0 radical (unpaired) electrons. The molecule has 0 aliphatic carbocycles. The third kappa shape index (κ3) is 2.06. The fourth-order valence-corrected chi connectivity index (χ4v) is 0.923. The second-order valence-electron chi connectivity index (χ2n) is 3.65. The van der Waals surface area contributed by atoms with Crippen molar-refractivity contribution in [3.63, 3.8) is 0 Å². The van der Waals surface area contributed by atoms with Gasteiger partial charge in [0.05, 0.1) is 0 Å². The number of hydrogen-bond acceptors (Lipinski definition) is 2. The number of nitrogens with zero attached hydrogens (tertiary/aromatic N) is 2. The molecule has 2 heteroatoms. The zero-order valence-electron chi connectivity index (χ0n) is 8.33. The summed E-state index contributed by atoms with van der Waals surface area (Å²) in [6, 6.07) is 1.75. The van der Waals surface area contributed by atoms with E-state index in [0.29, 0.717) is 5.69 Å². The van der Waals surface area contributed by atoms with Crippen molar-refractivity contribution in [3.05, 3.63) is 23.8 Å². The Bertz CT molecular complexity index is 334. The summed E-state index contributed by atoms with van der Waals surface area (Å²) in [6.45, 7) is 6.34. The van der Waals surface area contributed by atoms with Gasteiger partial charge in [0.2, 0.25) is 0 Å². The van der Waals surface area contributed by atoms with Gasteiger partial charge in [-0.2, -0.15) is 0 Å². The van der Waals surface area contributed by atoms with Gasteiger partial charge >= 0.3 is 0 Å². The smallest absolute Gasteiger partial charge is 0.135 e. The Morgan fingerprint density at radius 1 is 1.54 bits per heavy atom. The first-order chi connectivity index (χ1) is 6.10. The highest BCUT2D eigenvalue weighted by Crippen LogP contribution is 2.22. The van der Waals surface area contributed by atoms with Crippen LogP contribution < -0.4 is 0 Å². The second-order valence-corrected chi connectivity index (χ2v) is 3.65. The Labute approximate surface area is 79.4 Å². The lowest BCUT2D eigenvalue weighted by atomic mass is 9.89. The molecule has 13 heavy (non-hydrogen) atoms. The topological polar surface area (TPSA) is 25.8 Å². The molecule has 0 aliphatic heterocycles. The molecule has 0 amide bonds. The summed E-state index contributed by atoms with van der Waals surface area (Å²) < 4.78 is 0. The molecule has 0 aliphatic rings. The van der Waals surface area contributed by atoms with Crippen LogP contribution in [-0.2, 0) is 5.41 Å². The van der Waals surface area contributed by atoms with Crippen LogP contribution in [-0.4, -0.2) is 9.97 Å². The third-order valence-corrected chi connectivity index (χ3v) is 2.29. The summed E-state index contributed by atoms with van der Waals surface area (Å²) in [7, 11) is 0. The highest BCUT2D eigenvalue weighted by Gasteiger charge is 2.21. The van der Waals surface area contributed by atoms with E-state index in [2.05, 4.69) is 36.7 Å². The largest absolute Gasteiger partial charge is 0.241 e. The molecule has 1 heterocycles. The molecule has 0 unspecified atom stereocenters. The number of aromatic nitrogens is 2. The van der Waals surface area contributed by atoms with Gasteiger partial charge in [-0.3, -0.25) is 0 Å². The average molecular weight is 174 g/mol. The second kappa shape index (κ2) is 3.57. The molecule has 0 saturated carbocycles. The van der Waals surface area contributed by atoms with Gasteiger partial charge in [0.15, 0.2) is 0 Å². The Morgan fingerprint density at radius 2 is 2.23 bits per heavy atom. The van der Waals surface area contributed by atoms with Crippen LogP contribution in [0.3, 0.4) is 0 Å². The van der Waals surface area contributed by atoms with Crippen LogP contribution in [0.5, 0.6) is 0 Å². The highest BCUT2D eigenvalue weighted by atomic mass is 14.9. The first-order valence-electron chi connectivity index (χ1n) is 4.40. The van der Waals surface area contributed by atoms with Gasteiger partial charge in [-0.05, 0) is 12.5 Å². The monoisotopic (exact) mass is 174 g/mol. The molecule has 1 aromatic rings. The number of hydrogen-bond donors (Lipinski definition) is 0. The van der Waals surface area contributed by atoms with E-state index in [4.69, 9.17) is 6.42 Å². The SMILES string of the molecule is C#Cc1ccnc(C(C)(C)CC)n1. The minimum absolute atomic E-state index is 0.00681. The van der Waals surface area contributed by atoms with Crippen molar-refractivity contribution in [1.82, 2.24) is 9.97 Å². The Morgan fingerprint density at radius 3 is 2.77 bits per heavy atom. The van der Waals surface area contributed by atoms with Crippen LogP contribution in [0.15, 0.2) is 12.3 Å². The molecular weight excluding hydrogens is 160 g/mol. The van der Waals surface area contributed by atoms with Crippen molar-refractivity contribution in [2.45, 2.75) is 32.6 Å². The van der Waals surface area contributed by atoms with E-state index in [1.165, 1.54) is 0 Å². The van der Waals surface area contributed by atoms with Gasteiger partial charge < -0.3 is 0 Å². The summed E-state index contributed by atoms with van der Waals surface area (Å²) in [6.07, 6.45) is 7.98. The van der Waals surface area contributed by atoms with Gasteiger partial charge in [0.1, 0.15) is 11.5 Å². The molecule has 1 aromatic heterocycles. The van der Waals surface area contributed by atoms with Crippen LogP contribution in [0.1, 0.15) is 38.7 Å². The maximum absolute atomic E-state index is 5.26. The average Bonchev–Trinajstić information content (AvgIpc) is 2.18. The lowest BCUT2D eigenvalue weighted by Gasteiger charge is -2.20. The quantitative estimate of drug-likeness (QED) is 0.642. The van der Waals surface area contributed by atoms with E-state index in [-0.39, 0.29) is 5.41 Å². The predicted octanol–water partition coefficient (Wildman–Crippen LogP) is 2.15. The minimum atomic E-state index is 0.00681. The van der Waals surface area contributed by atoms with Gasteiger partial charge in [-0.25, -0.2) is 9.97 Å².